The van der Waals surface area contributed by atoms with E-state index in [1.54, 1.807) is 0 Å². The Morgan fingerprint density at radius 3 is 2.76 bits per heavy atom. The molecule has 0 bridgehead atoms. The first kappa shape index (κ1) is 14.0. The molecule has 17 heavy (non-hydrogen) atoms. The second-order valence-electron chi connectivity index (χ2n) is 4.97. The van der Waals surface area contributed by atoms with Crippen LogP contribution in [-0.2, 0) is 4.79 Å². The standard InChI is InChI=1S/C15H25NO/c1-4-15(17)16(13(2)3)12-8-11-14-9-6-5-7-10-14/h5-6,8,11,13-14H,4,7,9-10,12H2,1-3H3/b11-8-. The second kappa shape index (κ2) is 7.31. The van der Waals surface area contributed by atoms with Gasteiger partial charge in [-0.2, -0.15) is 0 Å². The third kappa shape index (κ3) is 4.76. The number of rotatable bonds is 5. The van der Waals surface area contributed by atoms with Crippen molar-refractivity contribution in [1.29, 1.82) is 0 Å². The zero-order valence-electron chi connectivity index (χ0n) is 11.4. The largest absolute Gasteiger partial charge is 0.337 e. The first-order valence-electron chi connectivity index (χ1n) is 6.76. The van der Waals surface area contributed by atoms with E-state index in [0.29, 0.717) is 18.4 Å². The van der Waals surface area contributed by atoms with Gasteiger partial charge in [0.15, 0.2) is 0 Å². The van der Waals surface area contributed by atoms with Crippen LogP contribution < -0.4 is 0 Å². The summed E-state index contributed by atoms with van der Waals surface area (Å²) in [4.78, 5) is 13.7. The van der Waals surface area contributed by atoms with E-state index in [-0.39, 0.29) is 5.91 Å². The quantitative estimate of drug-likeness (QED) is 0.667. The van der Waals surface area contributed by atoms with Crippen molar-refractivity contribution in [1.82, 2.24) is 4.90 Å². The van der Waals surface area contributed by atoms with Crippen molar-refractivity contribution in [3.8, 4) is 0 Å². The topological polar surface area (TPSA) is 20.3 Å². The van der Waals surface area contributed by atoms with Crippen LogP contribution >= 0.6 is 0 Å². The third-order valence-corrected chi connectivity index (χ3v) is 3.27. The second-order valence-corrected chi connectivity index (χ2v) is 4.97. The highest BCUT2D eigenvalue weighted by molar-refractivity contribution is 5.76. The molecule has 1 atom stereocenters. The molecule has 0 aromatic rings. The highest BCUT2D eigenvalue weighted by Gasteiger charge is 2.13. The summed E-state index contributed by atoms with van der Waals surface area (Å²) in [6.07, 6.45) is 13.1. The van der Waals surface area contributed by atoms with Crippen LogP contribution in [0.15, 0.2) is 24.3 Å². The Morgan fingerprint density at radius 1 is 1.47 bits per heavy atom. The van der Waals surface area contributed by atoms with Crippen molar-refractivity contribution in [3.05, 3.63) is 24.3 Å². The molecule has 2 nitrogen and oxygen atoms in total. The fourth-order valence-electron chi connectivity index (χ4n) is 2.16. The molecule has 0 aromatic carbocycles. The lowest BCUT2D eigenvalue weighted by atomic mass is 9.94. The molecule has 2 heteroatoms. The van der Waals surface area contributed by atoms with Gasteiger partial charge in [-0.05, 0) is 39.0 Å². The van der Waals surface area contributed by atoms with E-state index >= 15 is 0 Å². The smallest absolute Gasteiger partial charge is 0.222 e. The summed E-state index contributed by atoms with van der Waals surface area (Å²) < 4.78 is 0. The molecule has 0 saturated carbocycles. The third-order valence-electron chi connectivity index (χ3n) is 3.27. The molecule has 0 spiro atoms. The summed E-state index contributed by atoms with van der Waals surface area (Å²) in [5.74, 6) is 0.916. The number of carbonyl (C=O) groups is 1. The van der Waals surface area contributed by atoms with E-state index in [2.05, 4.69) is 38.2 Å². The van der Waals surface area contributed by atoms with Crippen molar-refractivity contribution < 1.29 is 4.79 Å². The van der Waals surface area contributed by atoms with E-state index < -0.39 is 0 Å². The van der Waals surface area contributed by atoms with Crippen LogP contribution in [0.25, 0.3) is 0 Å². The van der Waals surface area contributed by atoms with Crippen LogP contribution in [0.1, 0.15) is 46.5 Å². The van der Waals surface area contributed by atoms with Gasteiger partial charge in [0.25, 0.3) is 0 Å². The van der Waals surface area contributed by atoms with E-state index in [1.807, 2.05) is 11.8 Å². The Balaban J connectivity index is 2.43. The number of allylic oxidation sites excluding steroid dienone is 3. The normalized spacial score (nSPS) is 20.1. The van der Waals surface area contributed by atoms with Gasteiger partial charge < -0.3 is 4.90 Å². The van der Waals surface area contributed by atoms with Gasteiger partial charge >= 0.3 is 0 Å². The number of hydrogen-bond donors (Lipinski definition) is 0. The summed E-state index contributed by atoms with van der Waals surface area (Å²) in [7, 11) is 0. The average molecular weight is 235 g/mol. The Morgan fingerprint density at radius 2 is 2.24 bits per heavy atom. The molecule has 0 fully saturated rings. The van der Waals surface area contributed by atoms with E-state index in [9.17, 15) is 4.79 Å². The van der Waals surface area contributed by atoms with Crippen molar-refractivity contribution >= 4 is 5.91 Å². The van der Waals surface area contributed by atoms with Crippen molar-refractivity contribution in [3.63, 3.8) is 0 Å². The van der Waals surface area contributed by atoms with Crippen molar-refractivity contribution in [2.45, 2.75) is 52.5 Å². The molecule has 0 aromatic heterocycles. The molecule has 1 rings (SSSR count). The Labute approximate surface area is 105 Å². The Bertz CT molecular complexity index is 291. The summed E-state index contributed by atoms with van der Waals surface area (Å²) in [5.41, 5.74) is 0. The first-order valence-corrected chi connectivity index (χ1v) is 6.76. The molecule has 0 heterocycles. The van der Waals surface area contributed by atoms with Gasteiger partial charge in [-0.3, -0.25) is 4.79 Å². The maximum atomic E-state index is 11.7. The van der Waals surface area contributed by atoms with Crippen molar-refractivity contribution in [2.24, 2.45) is 5.92 Å². The van der Waals surface area contributed by atoms with Gasteiger partial charge in [0.1, 0.15) is 0 Å². The fourth-order valence-corrected chi connectivity index (χ4v) is 2.16. The van der Waals surface area contributed by atoms with E-state index in [1.165, 1.54) is 12.8 Å². The Kier molecular flexibility index (Phi) is 6.03. The molecule has 1 aliphatic carbocycles. The molecule has 0 aliphatic heterocycles. The molecule has 0 N–H and O–H groups in total. The highest BCUT2D eigenvalue weighted by Crippen LogP contribution is 2.19. The molecule has 0 radical (unpaired) electrons. The average Bonchev–Trinajstić information content (AvgIpc) is 2.34. The van der Waals surface area contributed by atoms with Crippen LogP contribution in [0, 0.1) is 5.92 Å². The Hall–Kier alpha value is -1.05. The number of carbonyl (C=O) groups excluding carboxylic acids is 1. The lowest BCUT2D eigenvalue weighted by molar-refractivity contribution is -0.131. The van der Waals surface area contributed by atoms with Crippen LogP contribution in [0.4, 0.5) is 0 Å². The molecular formula is C15H25NO. The predicted octanol–water partition coefficient (Wildman–Crippen LogP) is 3.55. The number of hydrogen-bond acceptors (Lipinski definition) is 1. The van der Waals surface area contributed by atoms with E-state index in [4.69, 9.17) is 0 Å². The van der Waals surface area contributed by atoms with E-state index in [0.717, 1.165) is 13.0 Å². The summed E-state index contributed by atoms with van der Waals surface area (Å²) >= 11 is 0. The minimum atomic E-state index is 0.244. The summed E-state index contributed by atoms with van der Waals surface area (Å²) in [6.45, 7) is 6.83. The van der Waals surface area contributed by atoms with Gasteiger partial charge in [0.2, 0.25) is 5.91 Å². The first-order chi connectivity index (χ1) is 8.15. The summed E-state index contributed by atoms with van der Waals surface area (Å²) in [6, 6.07) is 0.290. The predicted molar refractivity (Wildman–Crippen MR) is 72.8 cm³/mol. The number of nitrogens with zero attached hydrogens (tertiary/aromatic N) is 1. The minimum absolute atomic E-state index is 0.244. The van der Waals surface area contributed by atoms with Gasteiger partial charge in [0, 0.05) is 19.0 Å². The molecule has 1 unspecified atom stereocenters. The SMILES string of the molecule is CCC(=O)N(C/C=C\C1CC=CCC1)C(C)C. The van der Waals surface area contributed by atoms with Gasteiger partial charge in [-0.1, -0.05) is 31.2 Å². The molecule has 1 amide bonds. The summed E-state index contributed by atoms with van der Waals surface area (Å²) in [5, 5.41) is 0. The maximum absolute atomic E-state index is 11.7. The van der Waals surface area contributed by atoms with Gasteiger partial charge in [0.05, 0.1) is 0 Å². The van der Waals surface area contributed by atoms with Gasteiger partial charge in [-0.25, -0.2) is 0 Å². The molecule has 1 aliphatic rings. The van der Waals surface area contributed by atoms with Crippen molar-refractivity contribution in [2.75, 3.05) is 6.54 Å². The molecular weight excluding hydrogens is 210 g/mol. The zero-order chi connectivity index (χ0) is 12.7. The van der Waals surface area contributed by atoms with Crippen LogP contribution in [0.5, 0.6) is 0 Å². The minimum Gasteiger partial charge on any atom is -0.337 e. The van der Waals surface area contributed by atoms with Gasteiger partial charge in [-0.15, -0.1) is 0 Å². The zero-order valence-corrected chi connectivity index (χ0v) is 11.4. The monoisotopic (exact) mass is 235 g/mol. The molecule has 96 valence electrons. The van der Waals surface area contributed by atoms with Crippen LogP contribution in [0.2, 0.25) is 0 Å². The maximum Gasteiger partial charge on any atom is 0.222 e. The van der Waals surface area contributed by atoms with Crippen LogP contribution in [-0.4, -0.2) is 23.4 Å². The molecule has 0 saturated heterocycles. The number of amides is 1. The highest BCUT2D eigenvalue weighted by atomic mass is 16.2. The lowest BCUT2D eigenvalue weighted by Gasteiger charge is -2.25. The van der Waals surface area contributed by atoms with Crippen LogP contribution in [0.3, 0.4) is 0 Å². The lowest BCUT2D eigenvalue weighted by Crippen LogP contribution is -2.36. The fraction of sp³-hybridized carbons (Fsp3) is 0.667.